The molecule has 3 N–H and O–H groups in total. The van der Waals surface area contributed by atoms with Crippen molar-refractivity contribution in [2.24, 2.45) is 0 Å². The second-order valence-corrected chi connectivity index (χ2v) is 6.03. The third-order valence-corrected chi connectivity index (χ3v) is 4.24. The van der Waals surface area contributed by atoms with Crippen LogP contribution in [0.1, 0.15) is 18.2 Å². The Morgan fingerprint density at radius 3 is 2.69 bits per heavy atom. The number of pyridine rings is 1. The second-order valence-electron chi connectivity index (χ2n) is 6.03. The summed E-state index contributed by atoms with van der Waals surface area (Å²) in [5.74, 6) is -0.570. The summed E-state index contributed by atoms with van der Waals surface area (Å²) in [6.07, 6.45) is 1.47. The van der Waals surface area contributed by atoms with Crippen molar-refractivity contribution in [3.05, 3.63) is 23.4 Å². The molecule has 3 amide bonds. The topological polar surface area (TPSA) is 115 Å². The average Bonchev–Trinajstić information content (AvgIpc) is 2.62. The van der Waals surface area contributed by atoms with Crippen LogP contribution in [0.5, 0.6) is 0 Å². The zero-order valence-corrected chi connectivity index (χ0v) is 15.1. The van der Waals surface area contributed by atoms with Crippen LogP contribution >= 0.6 is 0 Å². The standard InChI is InChI=1S/C17H25N5O4/c1-3-12-4-5-13(20-16(12)18-2)6-7-19-17(26)22-9-8-21(11-15(24)25)14(23)10-22/h4-5H,3,6-11H2,1-2H3,(H,18,20)(H,19,26)(H,24,25). The van der Waals surface area contributed by atoms with Gasteiger partial charge in [-0.15, -0.1) is 0 Å². The Morgan fingerprint density at radius 1 is 1.31 bits per heavy atom. The Labute approximate surface area is 152 Å². The molecule has 0 aliphatic carbocycles. The number of carbonyl (C=O) groups excluding carboxylic acids is 2. The van der Waals surface area contributed by atoms with E-state index in [0.29, 0.717) is 19.5 Å². The van der Waals surface area contributed by atoms with Crippen LogP contribution in [0, 0.1) is 0 Å². The van der Waals surface area contributed by atoms with Crippen LogP contribution in [0.2, 0.25) is 0 Å². The highest BCUT2D eigenvalue weighted by Gasteiger charge is 2.27. The van der Waals surface area contributed by atoms with Gasteiger partial charge in [-0.25, -0.2) is 9.78 Å². The molecule has 0 spiro atoms. The SMILES string of the molecule is CCc1ccc(CCNC(=O)N2CCN(CC(=O)O)C(=O)C2)nc1NC. The summed E-state index contributed by atoms with van der Waals surface area (Å²) in [5, 5.41) is 14.6. The van der Waals surface area contributed by atoms with Crippen LogP contribution in [0.15, 0.2) is 12.1 Å². The van der Waals surface area contributed by atoms with E-state index in [1.54, 1.807) is 0 Å². The third-order valence-electron chi connectivity index (χ3n) is 4.24. The normalized spacial score (nSPS) is 14.3. The number of hydrogen-bond acceptors (Lipinski definition) is 5. The molecule has 26 heavy (non-hydrogen) atoms. The molecule has 9 heteroatoms. The van der Waals surface area contributed by atoms with Crippen LogP contribution in [-0.2, 0) is 22.4 Å². The zero-order valence-electron chi connectivity index (χ0n) is 15.1. The number of aryl methyl sites for hydroxylation is 1. The Morgan fingerprint density at radius 2 is 2.08 bits per heavy atom. The molecular weight excluding hydrogens is 338 g/mol. The first-order valence-electron chi connectivity index (χ1n) is 8.63. The van der Waals surface area contributed by atoms with E-state index in [2.05, 4.69) is 22.5 Å². The van der Waals surface area contributed by atoms with Gasteiger partial charge in [-0.1, -0.05) is 13.0 Å². The van der Waals surface area contributed by atoms with Crippen molar-refractivity contribution in [2.45, 2.75) is 19.8 Å². The van der Waals surface area contributed by atoms with Crippen LogP contribution < -0.4 is 10.6 Å². The molecular formula is C17H25N5O4. The number of anilines is 1. The van der Waals surface area contributed by atoms with E-state index >= 15 is 0 Å². The lowest BCUT2D eigenvalue weighted by atomic mass is 10.1. The van der Waals surface area contributed by atoms with Crippen molar-refractivity contribution in [1.29, 1.82) is 0 Å². The van der Waals surface area contributed by atoms with Crippen LogP contribution in [0.4, 0.5) is 10.6 Å². The molecule has 9 nitrogen and oxygen atoms in total. The van der Waals surface area contributed by atoms with E-state index in [1.165, 1.54) is 9.80 Å². The predicted molar refractivity (Wildman–Crippen MR) is 96.1 cm³/mol. The zero-order chi connectivity index (χ0) is 19.1. The fourth-order valence-corrected chi connectivity index (χ4v) is 2.79. The maximum atomic E-state index is 12.2. The summed E-state index contributed by atoms with van der Waals surface area (Å²) in [5.41, 5.74) is 2.01. The highest BCUT2D eigenvalue weighted by Crippen LogP contribution is 2.13. The molecule has 0 saturated carbocycles. The molecule has 1 fully saturated rings. The van der Waals surface area contributed by atoms with Crippen molar-refractivity contribution in [3.63, 3.8) is 0 Å². The smallest absolute Gasteiger partial charge is 0.323 e. The number of carboxylic acids is 1. The molecule has 0 bridgehead atoms. The number of carboxylic acid groups (broad SMARTS) is 1. The summed E-state index contributed by atoms with van der Waals surface area (Å²) in [6.45, 7) is 2.58. The van der Waals surface area contributed by atoms with E-state index < -0.39 is 5.97 Å². The van der Waals surface area contributed by atoms with Gasteiger partial charge in [0.15, 0.2) is 0 Å². The van der Waals surface area contributed by atoms with E-state index in [1.807, 2.05) is 19.2 Å². The van der Waals surface area contributed by atoms with Crippen molar-refractivity contribution < 1.29 is 19.5 Å². The first-order valence-corrected chi connectivity index (χ1v) is 8.63. The van der Waals surface area contributed by atoms with Gasteiger partial charge in [0.1, 0.15) is 18.9 Å². The molecule has 0 radical (unpaired) electrons. The molecule has 0 aromatic carbocycles. The number of hydrogen-bond donors (Lipinski definition) is 3. The molecule has 1 aliphatic rings. The number of aromatic nitrogens is 1. The number of carbonyl (C=O) groups is 3. The predicted octanol–water partition coefficient (Wildman–Crippen LogP) is 0.167. The van der Waals surface area contributed by atoms with Crippen molar-refractivity contribution >= 4 is 23.7 Å². The summed E-state index contributed by atoms with van der Waals surface area (Å²) >= 11 is 0. The van der Waals surface area contributed by atoms with E-state index in [-0.39, 0.29) is 31.6 Å². The first-order chi connectivity index (χ1) is 12.4. The van der Waals surface area contributed by atoms with Gasteiger partial charge in [-0.05, 0) is 18.1 Å². The van der Waals surface area contributed by atoms with Gasteiger partial charge in [0.05, 0.1) is 0 Å². The number of piperazine rings is 1. The summed E-state index contributed by atoms with van der Waals surface area (Å²) in [4.78, 5) is 41.9. The lowest BCUT2D eigenvalue weighted by molar-refractivity contribution is -0.146. The maximum Gasteiger partial charge on any atom is 0.323 e. The largest absolute Gasteiger partial charge is 0.480 e. The van der Waals surface area contributed by atoms with Crippen LogP contribution in [-0.4, -0.2) is 77.6 Å². The quantitative estimate of drug-likeness (QED) is 0.636. The highest BCUT2D eigenvalue weighted by molar-refractivity contribution is 5.87. The minimum absolute atomic E-state index is 0.105. The van der Waals surface area contributed by atoms with Crippen molar-refractivity contribution in [1.82, 2.24) is 20.1 Å². The summed E-state index contributed by atoms with van der Waals surface area (Å²) in [6, 6.07) is 3.64. The van der Waals surface area contributed by atoms with Gasteiger partial charge in [-0.3, -0.25) is 9.59 Å². The van der Waals surface area contributed by atoms with Gasteiger partial charge in [0, 0.05) is 38.8 Å². The molecule has 1 aliphatic heterocycles. The lowest BCUT2D eigenvalue weighted by Crippen LogP contribution is -2.55. The van der Waals surface area contributed by atoms with Gasteiger partial charge in [0.25, 0.3) is 0 Å². The molecule has 142 valence electrons. The molecule has 2 heterocycles. The second kappa shape index (κ2) is 9.02. The summed E-state index contributed by atoms with van der Waals surface area (Å²) in [7, 11) is 1.83. The minimum Gasteiger partial charge on any atom is -0.480 e. The molecule has 1 saturated heterocycles. The van der Waals surface area contributed by atoms with Gasteiger partial charge >= 0.3 is 12.0 Å². The number of aliphatic carboxylic acids is 1. The van der Waals surface area contributed by atoms with Crippen LogP contribution in [0.3, 0.4) is 0 Å². The van der Waals surface area contributed by atoms with E-state index in [9.17, 15) is 14.4 Å². The monoisotopic (exact) mass is 363 g/mol. The van der Waals surface area contributed by atoms with E-state index in [0.717, 1.165) is 23.5 Å². The fraction of sp³-hybridized carbons (Fsp3) is 0.529. The molecule has 0 atom stereocenters. The van der Waals surface area contributed by atoms with Gasteiger partial charge in [0.2, 0.25) is 5.91 Å². The lowest BCUT2D eigenvalue weighted by Gasteiger charge is -2.33. The number of nitrogens with zero attached hydrogens (tertiary/aromatic N) is 3. The maximum absolute atomic E-state index is 12.2. The number of nitrogens with one attached hydrogen (secondary N) is 2. The van der Waals surface area contributed by atoms with Gasteiger partial charge < -0.3 is 25.5 Å². The number of urea groups is 1. The average molecular weight is 363 g/mol. The number of amides is 3. The molecule has 2 rings (SSSR count). The highest BCUT2D eigenvalue weighted by atomic mass is 16.4. The number of rotatable bonds is 7. The minimum atomic E-state index is -1.06. The molecule has 1 aromatic heterocycles. The Kier molecular flexibility index (Phi) is 6.76. The fourth-order valence-electron chi connectivity index (χ4n) is 2.79. The first kappa shape index (κ1) is 19.5. The molecule has 0 unspecified atom stereocenters. The van der Waals surface area contributed by atoms with Gasteiger partial charge in [-0.2, -0.15) is 0 Å². The third kappa shape index (κ3) is 5.08. The Hall–Kier alpha value is -2.84. The van der Waals surface area contributed by atoms with E-state index in [4.69, 9.17) is 5.11 Å². The van der Waals surface area contributed by atoms with Crippen molar-refractivity contribution in [3.8, 4) is 0 Å². The van der Waals surface area contributed by atoms with Crippen LogP contribution in [0.25, 0.3) is 0 Å². The van der Waals surface area contributed by atoms with Crippen molar-refractivity contribution in [2.75, 3.05) is 45.1 Å². The Balaban J connectivity index is 1.81. The summed E-state index contributed by atoms with van der Waals surface area (Å²) < 4.78 is 0. The Bertz CT molecular complexity index is 679. The molecule has 1 aromatic rings.